The third-order valence-electron chi connectivity index (χ3n) is 3.76. The van der Waals surface area contributed by atoms with E-state index >= 15 is 0 Å². The summed E-state index contributed by atoms with van der Waals surface area (Å²) in [5, 5.41) is 0. The highest BCUT2D eigenvalue weighted by molar-refractivity contribution is 5.31. The molecule has 2 N–H and O–H groups in total. The van der Waals surface area contributed by atoms with Crippen molar-refractivity contribution >= 4 is 5.95 Å². The van der Waals surface area contributed by atoms with Crippen LogP contribution in [-0.2, 0) is 6.42 Å². The first-order chi connectivity index (χ1) is 8.85. The Bertz CT molecular complexity index is 367. The fourth-order valence-electron chi connectivity index (χ4n) is 2.27. The van der Waals surface area contributed by atoms with Crippen molar-refractivity contribution in [3.8, 4) is 0 Å². The second-order valence-corrected chi connectivity index (χ2v) is 5.72. The number of nitrogens with zero attached hydrogens (tertiary/aromatic N) is 3. The molecule has 0 aliphatic heterocycles. The Kier molecular flexibility index (Phi) is 3.46. The maximum Gasteiger partial charge on any atom is 0.225 e. The van der Waals surface area contributed by atoms with Crippen LogP contribution in [0.4, 0.5) is 5.95 Å². The Morgan fingerprint density at radius 3 is 2.06 bits per heavy atom. The Hall–Kier alpha value is -1.16. The van der Waals surface area contributed by atoms with Gasteiger partial charge in [0.15, 0.2) is 0 Å². The van der Waals surface area contributed by atoms with Crippen molar-refractivity contribution in [3.63, 3.8) is 0 Å². The smallest absolute Gasteiger partial charge is 0.225 e. The van der Waals surface area contributed by atoms with Gasteiger partial charge in [-0.25, -0.2) is 9.97 Å². The summed E-state index contributed by atoms with van der Waals surface area (Å²) in [6.45, 7) is 2.95. The second kappa shape index (κ2) is 5.22. The van der Waals surface area contributed by atoms with Crippen LogP contribution in [0.3, 0.4) is 0 Å². The predicted molar refractivity (Wildman–Crippen MR) is 72.5 cm³/mol. The third kappa shape index (κ3) is 3.19. The highest BCUT2D eigenvalue weighted by atomic mass is 15.3. The molecule has 0 radical (unpaired) electrons. The summed E-state index contributed by atoms with van der Waals surface area (Å²) in [4.78, 5) is 11.4. The maximum absolute atomic E-state index is 5.54. The molecule has 2 saturated carbocycles. The number of aromatic nitrogens is 2. The SMILES string of the molecule is NCCc1cnc(N(CC2CC2)CC2CC2)nc1. The van der Waals surface area contributed by atoms with Gasteiger partial charge >= 0.3 is 0 Å². The summed E-state index contributed by atoms with van der Waals surface area (Å²) in [5.41, 5.74) is 6.68. The molecular weight excluding hydrogens is 224 g/mol. The molecule has 1 heterocycles. The topological polar surface area (TPSA) is 55.0 Å². The fourth-order valence-corrected chi connectivity index (χ4v) is 2.27. The average Bonchev–Trinajstić information content (AvgIpc) is 3.25. The maximum atomic E-state index is 5.54. The summed E-state index contributed by atoms with van der Waals surface area (Å²) < 4.78 is 0. The third-order valence-corrected chi connectivity index (χ3v) is 3.76. The molecule has 2 fully saturated rings. The lowest BCUT2D eigenvalue weighted by Crippen LogP contribution is -2.29. The van der Waals surface area contributed by atoms with Crippen LogP contribution >= 0.6 is 0 Å². The van der Waals surface area contributed by atoms with Gasteiger partial charge in [-0.2, -0.15) is 0 Å². The normalized spacial score (nSPS) is 18.9. The number of hydrogen-bond donors (Lipinski definition) is 1. The molecule has 0 saturated heterocycles. The summed E-state index contributed by atoms with van der Waals surface area (Å²) in [6.07, 6.45) is 10.3. The molecule has 98 valence electrons. The van der Waals surface area contributed by atoms with Crippen LogP contribution in [0.15, 0.2) is 12.4 Å². The van der Waals surface area contributed by atoms with Gasteiger partial charge in [0.2, 0.25) is 5.95 Å². The zero-order valence-corrected chi connectivity index (χ0v) is 10.9. The molecule has 0 spiro atoms. The van der Waals surface area contributed by atoms with Gasteiger partial charge in [0.25, 0.3) is 0 Å². The van der Waals surface area contributed by atoms with Crippen LogP contribution < -0.4 is 10.6 Å². The number of anilines is 1. The lowest BCUT2D eigenvalue weighted by molar-refractivity contribution is 0.661. The fraction of sp³-hybridized carbons (Fsp3) is 0.714. The standard InChI is InChI=1S/C14H22N4/c15-6-5-13-7-16-14(17-8-13)18(9-11-1-2-11)10-12-3-4-12/h7-8,11-12H,1-6,9-10,15H2. The van der Waals surface area contributed by atoms with Crippen LogP contribution in [0.2, 0.25) is 0 Å². The van der Waals surface area contributed by atoms with Crippen LogP contribution in [0, 0.1) is 11.8 Å². The van der Waals surface area contributed by atoms with E-state index in [1.165, 1.54) is 25.7 Å². The van der Waals surface area contributed by atoms with E-state index < -0.39 is 0 Å². The molecule has 0 atom stereocenters. The zero-order valence-electron chi connectivity index (χ0n) is 10.9. The molecular formula is C14H22N4. The molecule has 3 rings (SSSR count). The lowest BCUT2D eigenvalue weighted by Gasteiger charge is -2.22. The van der Waals surface area contributed by atoms with Crippen molar-refractivity contribution in [1.82, 2.24) is 9.97 Å². The van der Waals surface area contributed by atoms with E-state index in [4.69, 9.17) is 5.73 Å². The summed E-state index contributed by atoms with van der Waals surface area (Å²) in [6, 6.07) is 0. The molecule has 4 heteroatoms. The Morgan fingerprint density at radius 2 is 1.61 bits per heavy atom. The number of rotatable bonds is 7. The molecule has 0 bridgehead atoms. The minimum Gasteiger partial charge on any atom is -0.340 e. The first-order valence-electron chi connectivity index (χ1n) is 7.11. The van der Waals surface area contributed by atoms with E-state index in [-0.39, 0.29) is 0 Å². The van der Waals surface area contributed by atoms with Crippen LogP contribution in [0.25, 0.3) is 0 Å². The van der Waals surface area contributed by atoms with Crippen LogP contribution in [0.1, 0.15) is 31.2 Å². The molecule has 0 unspecified atom stereocenters. The lowest BCUT2D eigenvalue weighted by atomic mass is 10.2. The van der Waals surface area contributed by atoms with Crippen molar-refractivity contribution in [2.24, 2.45) is 17.6 Å². The Morgan fingerprint density at radius 1 is 1.06 bits per heavy atom. The molecule has 4 nitrogen and oxygen atoms in total. The second-order valence-electron chi connectivity index (χ2n) is 5.72. The number of hydrogen-bond acceptors (Lipinski definition) is 4. The van der Waals surface area contributed by atoms with Crippen molar-refractivity contribution in [2.75, 3.05) is 24.5 Å². The molecule has 1 aromatic heterocycles. The molecule has 0 aromatic carbocycles. The molecule has 0 amide bonds. The van der Waals surface area contributed by atoms with Crippen LogP contribution in [0.5, 0.6) is 0 Å². The molecule has 2 aliphatic rings. The van der Waals surface area contributed by atoms with E-state index in [0.29, 0.717) is 6.54 Å². The summed E-state index contributed by atoms with van der Waals surface area (Å²) >= 11 is 0. The quantitative estimate of drug-likeness (QED) is 0.794. The van der Waals surface area contributed by atoms with Gasteiger partial charge < -0.3 is 10.6 Å². The van der Waals surface area contributed by atoms with Gasteiger partial charge in [-0.05, 0) is 56.0 Å². The van der Waals surface area contributed by atoms with Crippen molar-refractivity contribution in [1.29, 1.82) is 0 Å². The van der Waals surface area contributed by atoms with Gasteiger partial charge in [-0.15, -0.1) is 0 Å². The largest absolute Gasteiger partial charge is 0.340 e. The van der Waals surface area contributed by atoms with Crippen LogP contribution in [-0.4, -0.2) is 29.6 Å². The number of nitrogens with two attached hydrogens (primary N) is 1. The summed E-state index contributed by atoms with van der Waals surface area (Å²) in [5.74, 6) is 2.68. The Balaban J connectivity index is 1.66. The minimum absolute atomic E-state index is 0.663. The highest BCUT2D eigenvalue weighted by Crippen LogP contribution is 2.34. The van der Waals surface area contributed by atoms with Crippen molar-refractivity contribution in [2.45, 2.75) is 32.1 Å². The Labute approximate surface area is 109 Å². The highest BCUT2D eigenvalue weighted by Gasteiger charge is 2.30. The van der Waals surface area contributed by atoms with E-state index in [0.717, 1.165) is 42.9 Å². The van der Waals surface area contributed by atoms with E-state index in [9.17, 15) is 0 Å². The minimum atomic E-state index is 0.663. The predicted octanol–water partition coefficient (Wildman–Crippen LogP) is 1.60. The summed E-state index contributed by atoms with van der Waals surface area (Å²) in [7, 11) is 0. The van der Waals surface area contributed by atoms with Gasteiger partial charge in [0.1, 0.15) is 0 Å². The molecule has 18 heavy (non-hydrogen) atoms. The van der Waals surface area contributed by atoms with Crippen molar-refractivity contribution in [3.05, 3.63) is 18.0 Å². The van der Waals surface area contributed by atoms with Gasteiger partial charge in [-0.3, -0.25) is 0 Å². The molecule has 2 aliphatic carbocycles. The zero-order chi connectivity index (χ0) is 12.4. The van der Waals surface area contributed by atoms with E-state index in [1.807, 2.05) is 12.4 Å². The van der Waals surface area contributed by atoms with E-state index in [2.05, 4.69) is 14.9 Å². The van der Waals surface area contributed by atoms with Crippen molar-refractivity contribution < 1.29 is 0 Å². The van der Waals surface area contributed by atoms with Gasteiger partial charge in [0.05, 0.1) is 0 Å². The monoisotopic (exact) mass is 246 g/mol. The first-order valence-corrected chi connectivity index (χ1v) is 7.11. The van der Waals surface area contributed by atoms with Gasteiger partial charge in [0, 0.05) is 25.5 Å². The first kappa shape index (κ1) is 11.9. The molecule has 1 aromatic rings. The average molecular weight is 246 g/mol. The van der Waals surface area contributed by atoms with Gasteiger partial charge in [-0.1, -0.05) is 0 Å². The van der Waals surface area contributed by atoms with E-state index in [1.54, 1.807) is 0 Å².